The highest BCUT2D eigenvalue weighted by molar-refractivity contribution is 7.90. The fourth-order valence-electron chi connectivity index (χ4n) is 1.06. The molecule has 19 heavy (non-hydrogen) atoms. The molecule has 0 saturated heterocycles. The number of alkyl halides is 3. The summed E-state index contributed by atoms with van der Waals surface area (Å²) < 4.78 is 62.1. The summed E-state index contributed by atoms with van der Waals surface area (Å²) in [6.07, 6.45) is -3.86. The van der Waals surface area contributed by atoms with Crippen molar-refractivity contribution >= 4 is 22.0 Å². The molecule has 108 valence electrons. The van der Waals surface area contributed by atoms with E-state index in [4.69, 9.17) is 5.11 Å². The van der Waals surface area contributed by atoms with Gasteiger partial charge in [0.05, 0.1) is 6.20 Å². The van der Waals surface area contributed by atoms with Gasteiger partial charge in [0.25, 0.3) is 0 Å². The maximum Gasteiger partial charge on any atom is 0.402 e. The van der Waals surface area contributed by atoms with Crippen LogP contribution in [0.3, 0.4) is 0 Å². The smallest absolute Gasteiger partial charge is 0.402 e. The van der Waals surface area contributed by atoms with Crippen LogP contribution >= 0.6 is 0 Å². The number of hydrogen-bond acceptors (Lipinski definition) is 4. The van der Waals surface area contributed by atoms with Gasteiger partial charge >= 0.3 is 22.4 Å². The monoisotopic (exact) mass is 302 g/mol. The van der Waals surface area contributed by atoms with Crippen LogP contribution in [0, 0.1) is 0 Å². The van der Waals surface area contributed by atoms with Gasteiger partial charge < -0.3 is 5.11 Å². The molecule has 0 aliphatic carbocycles. The maximum atomic E-state index is 11.9. The van der Waals surface area contributed by atoms with Crippen LogP contribution in [0.4, 0.5) is 19.0 Å². The number of carboxylic acid groups (broad SMARTS) is 1. The number of hydrogen-bond donors (Lipinski definition) is 3. The lowest BCUT2D eigenvalue weighted by molar-refractivity contribution is -0.121. The zero-order chi connectivity index (χ0) is 14.8. The van der Waals surface area contributed by atoms with Crippen LogP contribution in [0.2, 0.25) is 0 Å². The second kappa shape index (κ2) is 5.05. The summed E-state index contributed by atoms with van der Waals surface area (Å²) in [6, 6.07) is 0. The van der Waals surface area contributed by atoms with Crippen molar-refractivity contribution in [2.75, 3.05) is 11.3 Å². The summed E-state index contributed by atoms with van der Waals surface area (Å²) in [5.74, 6) is -1.93. The Bertz CT molecular complexity index is 580. The molecule has 0 radical (unpaired) electrons. The molecule has 0 bridgehead atoms. The third-order valence-corrected chi connectivity index (χ3v) is 2.85. The van der Waals surface area contributed by atoms with Crippen molar-refractivity contribution < 1.29 is 31.5 Å². The highest BCUT2D eigenvalue weighted by Gasteiger charge is 2.30. The lowest BCUT2D eigenvalue weighted by atomic mass is 10.3. The minimum absolute atomic E-state index is 0.456. The lowest BCUT2D eigenvalue weighted by Gasteiger charge is -2.11. The van der Waals surface area contributed by atoms with E-state index >= 15 is 0 Å². The Balaban J connectivity index is 2.90. The molecule has 12 heteroatoms. The van der Waals surface area contributed by atoms with E-state index in [-0.39, 0.29) is 0 Å². The standard InChI is InChI=1S/C7H9F3N4O4S/c1-14-5(4(2-11-14)6(15)16)13-19(17,18)12-3-7(8,9)10/h2,12-13H,3H2,1H3,(H,15,16). The second-order valence-corrected chi connectivity index (χ2v) is 4.88. The Labute approximate surface area is 105 Å². The maximum absolute atomic E-state index is 11.9. The predicted molar refractivity (Wildman–Crippen MR) is 56.8 cm³/mol. The summed E-state index contributed by atoms with van der Waals surface area (Å²) >= 11 is 0. The van der Waals surface area contributed by atoms with E-state index in [1.54, 1.807) is 4.72 Å². The van der Waals surface area contributed by atoms with E-state index in [2.05, 4.69) is 5.10 Å². The molecule has 1 rings (SSSR count). The molecule has 0 fully saturated rings. The molecular formula is C7H9F3N4O4S. The van der Waals surface area contributed by atoms with E-state index in [0.717, 1.165) is 10.9 Å². The van der Waals surface area contributed by atoms with Crippen molar-refractivity contribution in [1.82, 2.24) is 14.5 Å². The number of carboxylic acids is 1. The van der Waals surface area contributed by atoms with E-state index in [0.29, 0.717) is 0 Å². The van der Waals surface area contributed by atoms with Crippen molar-refractivity contribution in [1.29, 1.82) is 0 Å². The average molecular weight is 302 g/mol. The van der Waals surface area contributed by atoms with Gasteiger partial charge in [0.1, 0.15) is 12.1 Å². The number of nitrogens with zero attached hydrogens (tertiary/aromatic N) is 2. The van der Waals surface area contributed by atoms with Crippen molar-refractivity contribution in [3.8, 4) is 0 Å². The van der Waals surface area contributed by atoms with Crippen LogP contribution in [-0.2, 0) is 17.3 Å². The first-order chi connectivity index (χ1) is 8.52. The van der Waals surface area contributed by atoms with Gasteiger partial charge in [-0.15, -0.1) is 0 Å². The van der Waals surface area contributed by atoms with Crippen LogP contribution in [0.25, 0.3) is 0 Å². The van der Waals surface area contributed by atoms with Crippen molar-refractivity contribution in [3.05, 3.63) is 11.8 Å². The fourth-order valence-corrected chi connectivity index (χ4v) is 1.98. The molecule has 0 spiro atoms. The number of aromatic carboxylic acids is 1. The van der Waals surface area contributed by atoms with Crippen molar-refractivity contribution in [3.63, 3.8) is 0 Å². The van der Waals surface area contributed by atoms with Crippen LogP contribution < -0.4 is 9.44 Å². The van der Waals surface area contributed by atoms with Crippen LogP contribution in [-0.4, -0.2) is 42.0 Å². The number of anilines is 1. The number of aryl methyl sites for hydroxylation is 1. The molecule has 0 aliphatic rings. The van der Waals surface area contributed by atoms with Gasteiger partial charge in [-0.25, -0.2) is 4.79 Å². The lowest BCUT2D eigenvalue weighted by Crippen LogP contribution is -2.38. The predicted octanol–water partition coefficient (Wildman–Crippen LogP) is -0.0731. The molecule has 0 amide bonds. The normalized spacial score (nSPS) is 12.4. The van der Waals surface area contributed by atoms with Gasteiger partial charge in [-0.2, -0.15) is 31.4 Å². The summed E-state index contributed by atoms with van der Waals surface area (Å²) in [5, 5.41) is 12.2. The Kier molecular flexibility index (Phi) is 4.05. The minimum Gasteiger partial charge on any atom is -0.477 e. The fraction of sp³-hybridized carbons (Fsp3) is 0.429. The van der Waals surface area contributed by atoms with Gasteiger partial charge in [-0.05, 0) is 0 Å². The third kappa shape index (κ3) is 4.40. The number of aromatic nitrogens is 2. The average Bonchev–Trinajstić information content (AvgIpc) is 2.57. The van der Waals surface area contributed by atoms with Crippen molar-refractivity contribution in [2.45, 2.75) is 6.18 Å². The van der Waals surface area contributed by atoms with Crippen molar-refractivity contribution in [2.24, 2.45) is 7.05 Å². The Morgan fingerprint density at radius 2 is 2.11 bits per heavy atom. The second-order valence-electron chi connectivity index (χ2n) is 3.38. The summed E-state index contributed by atoms with van der Waals surface area (Å²) in [6.45, 7) is -1.78. The summed E-state index contributed by atoms with van der Waals surface area (Å²) in [7, 11) is -3.33. The van der Waals surface area contributed by atoms with Crippen LogP contribution in [0.15, 0.2) is 6.20 Å². The van der Waals surface area contributed by atoms with Crippen LogP contribution in [0.1, 0.15) is 10.4 Å². The molecule has 0 aliphatic heterocycles. The Hall–Kier alpha value is -1.82. The van der Waals surface area contributed by atoms with Gasteiger partial charge in [0, 0.05) is 7.05 Å². The summed E-state index contributed by atoms with van der Waals surface area (Å²) in [4.78, 5) is 10.7. The molecule has 1 aromatic heterocycles. The number of nitrogens with one attached hydrogen (secondary N) is 2. The van der Waals surface area contributed by atoms with Crippen LogP contribution in [0.5, 0.6) is 0 Å². The molecule has 8 nitrogen and oxygen atoms in total. The number of carbonyl (C=O) groups is 1. The highest BCUT2D eigenvalue weighted by atomic mass is 32.2. The zero-order valence-corrected chi connectivity index (χ0v) is 10.2. The van der Waals surface area contributed by atoms with E-state index < -0.39 is 40.3 Å². The van der Waals surface area contributed by atoms with Gasteiger partial charge in [-0.3, -0.25) is 9.40 Å². The first-order valence-corrected chi connectivity index (χ1v) is 6.09. The van der Waals surface area contributed by atoms with Gasteiger partial charge in [-0.1, -0.05) is 0 Å². The molecule has 1 aromatic rings. The zero-order valence-electron chi connectivity index (χ0n) is 9.39. The Morgan fingerprint density at radius 1 is 1.53 bits per heavy atom. The minimum atomic E-state index is -4.73. The molecule has 0 saturated carbocycles. The van der Waals surface area contributed by atoms with E-state index in [1.807, 2.05) is 0 Å². The molecule has 0 aromatic carbocycles. The molecular weight excluding hydrogens is 293 g/mol. The molecule has 0 atom stereocenters. The first-order valence-electron chi connectivity index (χ1n) is 4.61. The third-order valence-electron chi connectivity index (χ3n) is 1.86. The number of halogens is 3. The SMILES string of the molecule is Cn1ncc(C(=O)O)c1NS(=O)(=O)NCC(F)(F)F. The van der Waals surface area contributed by atoms with E-state index in [1.165, 1.54) is 11.8 Å². The largest absolute Gasteiger partial charge is 0.477 e. The first kappa shape index (κ1) is 15.2. The van der Waals surface area contributed by atoms with E-state index in [9.17, 15) is 26.4 Å². The molecule has 3 N–H and O–H groups in total. The van der Waals surface area contributed by atoms with Gasteiger partial charge in [0.15, 0.2) is 5.82 Å². The summed E-state index contributed by atoms with van der Waals surface area (Å²) in [5.41, 5.74) is -0.486. The number of rotatable bonds is 5. The Morgan fingerprint density at radius 3 is 2.58 bits per heavy atom. The van der Waals surface area contributed by atoms with Gasteiger partial charge in [0.2, 0.25) is 0 Å². The molecule has 0 unspecified atom stereocenters. The topological polar surface area (TPSA) is 113 Å². The molecule has 1 heterocycles. The highest BCUT2D eigenvalue weighted by Crippen LogP contribution is 2.16. The quantitative estimate of drug-likeness (QED) is 0.704.